The van der Waals surface area contributed by atoms with Gasteiger partial charge in [0.25, 0.3) is 0 Å². The predicted octanol–water partition coefficient (Wildman–Crippen LogP) is 2.42. The number of benzene rings is 1. The third kappa shape index (κ3) is 2.53. The van der Waals surface area contributed by atoms with Crippen molar-refractivity contribution in [3.63, 3.8) is 0 Å². The quantitative estimate of drug-likeness (QED) is 0.813. The van der Waals surface area contributed by atoms with Gasteiger partial charge >= 0.3 is 0 Å². The number of hydrogen-bond acceptors (Lipinski definition) is 1. The molecule has 0 unspecified atom stereocenters. The fourth-order valence-electron chi connectivity index (χ4n) is 0.851. The van der Waals surface area contributed by atoms with E-state index in [-0.39, 0.29) is 5.82 Å². The summed E-state index contributed by atoms with van der Waals surface area (Å²) in [4.78, 5) is 0.411. The predicted molar refractivity (Wildman–Crippen MR) is 54.6 cm³/mol. The number of hydrogen-bond donors (Lipinski definition) is 1. The largest absolute Gasteiger partial charge is 0.393 e. The number of rotatable bonds is 2. The monoisotopic (exact) mass is 247 g/mol. The fraction of sp³-hybridized carbons (Fsp3) is 0.125. The molecule has 0 heterocycles. The van der Waals surface area contributed by atoms with Gasteiger partial charge in [0.1, 0.15) is 5.82 Å². The molecule has 0 fully saturated rings. The molecule has 0 saturated heterocycles. The first-order valence-corrected chi connectivity index (χ1v) is 4.52. The van der Waals surface area contributed by atoms with E-state index in [1.54, 1.807) is 12.1 Å². The highest BCUT2D eigenvalue weighted by molar-refractivity contribution is 9.10. The standard InChI is InChI=1S/C8H7BrFNS/c9-6-3-5(4-8(11)12)1-2-7(6)10/h1-3H,4H2,(H2,11,12). The van der Waals surface area contributed by atoms with Gasteiger partial charge in [0.2, 0.25) is 0 Å². The summed E-state index contributed by atoms with van der Waals surface area (Å²) >= 11 is 7.80. The van der Waals surface area contributed by atoms with E-state index >= 15 is 0 Å². The lowest BCUT2D eigenvalue weighted by atomic mass is 10.1. The fourth-order valence-corrected chi connectivity index (χ4v) is 1.44. The van der Waals surface area contributed by atoms with Crippen molar-refractivity contribution in [2.45, 2.75) is 6.42 Å². The molecule has 0 amide bonds. The van der Waals surface area contributed by atoms with Gasteiger partial charge in [-0.05, 0) is 33.6 Å². The Morgan fingerprint density at radius 1 is 1.58 bits per heavy atom. The Hall–Kier alpha value is -0.480. The highest BCUT2D eigenvalue weighted by Crippen LogP contribution is 2.16. The summed E-state index contributed by atoms with van der Waals surface area (Å²) in [5.74, 6) is -0.276. The van der Waals surface area contributed by atoms with Crippen molar-refractivity contribution in [3.05, 3.63) is 34.1 Å². The van der Waals surface area contributed by atoms with Crippen LogP contribution in [0.5, 0.6) is 0 Å². The summed E-state index contributed by atoms with van der Waals surface area (Å²) in [5.41, 5.74) is 6.25. The molecular weight excluding hydrogens is 241 g/mol. The van der Waals surface area contributed by atoms with Crippen molar-refractivity contribution >= 4 is 33.1 Å². The average molecular weight is 248 g/mol. The minimum atomic E-state index is -0.276. The van der Waals surface area contributed by atoms with Crippen molar-refractivity contribution in [3.8, 4) is 0 Å². The molecule has 1 aromatic rings. The van der Waals surface area contributed by atoms with Gasteiger partial charge in [0.15, 0.2) is 0 Å². The average Bonchev–Trinajstić information content (AvgIpc) is 1.96. The van der Waals surface area contributed by atoms with Crippen molar-refractivity contribution < 1.29 is 4.39 Å². The minimum absolute atomic E-state index is 0.276. The Balaban J connectivity index is 2.89. The van der Waals surface area contributed by atoms with E-state index in [1.165, 1.54) is 6.07 Å². The Kier molecular flexibility index (Phi) is 3.17. The van der Waals surface area contributed by atoms with Crippen LogP contribution in [0.25, 0.3) is 0 Å². The van der Waals surface area contributed by atoms with E-state index in [0.29, 0.717) is 15.9 Å². The van der Waals surface area contributed by atoms with E-state index in [4.69, 9.17) is 18.0 Å². The van der Waals surface area contributed by atoms with Crippen LogP contribution >= 0.6 is 28.1 Å². The molecule has 1 rings (SSSR count). The lowest BCUT2D eigenvalue weighted by Crippen LogP contribution is -2.10. The first-order valence-electron chi connectivity index (χ1n) is 3.32. The van der Waals surface area contributed by atoms with Crippen LogP contribution in [0.2, 0.25) is 0 Å². The molecule has 0 spiro atoms. The van der Waals surface area contributed by atoms with Crippen LogP contribution in [0, 0.1) is 5.82 Å². The van der Waals surface area contributed by atoms with Gasteiger partial charge in [-0.25, -0.2) is 4.39 Å². The smallest absolute Gasteiger partial charge is 0.137 e. The van der Waals surface area contributed by atoms with E-state index in [1.807, 2.05) is 0 Å². The van der Waals surface area contributed by atoms with Gasteiger partial charge in [-0.2, -0.15) is 0 Å². The Labute approximate surface area is 83.9 Å². The van der Waals surface area contributed by atoms with Crippen LogP contribution in [-0.2, 0) is 6.42 Å². The van der Waals surface area contributed by atoms with Gasteiger partial charge in [0.05, 0.1) is 9.46 Å². The molecule has 0 saturated carbocycles. The minimum Gasteiger partial charge on any atom is -0.393 e. The number of thiocarbonyl (C=S) groups is 1. The number of nitrogens with two attached hydrogens (primary N) is 1. The van der Waals surface area contributed by atoms with E-state index in [0.717, 1.165) is 5.56 Å². The maximum atomic E-state index is 12.7. The van der Waals surface area contributed by atoms with E-state index in [2.05, 4.69) is 15.9 Å². The summed E-state index contributed by atoms with van der Waals surface area (Å²) in [6, 6.07) is 4.73. The molecule has 0 aliphatic heterocycles. The molecule has 0 radical (unpaired) electrons. The van der Waals surface area contributed by atoms with Crippen LogP contribution in [0.3, 0.4) is 0 Å². The van der Waals surface area contributed by atoms with Gasteiger partial charge in [-0.15, -0.1) is 0 Å². The maximum absolute atomic E-state index is 12.7. The molecule has 0 bridgehead atoms. The molecule has 4 heteroatoms. The number of halogens is 2. The van der Waals surface area contributed by atoms with Gasteiger partial charge in [0, 0.05) is 6.42 Å². The van der Waals surface area contributed by atoms with Crippen molar-refractivity contribution in [2.75, 3.05) is 0 Å². The van der Waals surface area contributed by atoms with Crippen molar-refractivity contribution in [2.24, 2.45) is 5.73 Å². The molecule has 64 valence electrons. The van der Waals surface area contributed by atoms with Crippen LogP contribution in [-0.4, -0.2) is 4.99 Å². The molecule has 0 aliphatic carbocycles. The van der Waals surface area contributed by atoms with Crippen molar-refractivity contribution in [1.29, 1.82) is 0 Å². The maximum Gasteiger partial charge on any atom is 0.137 e. The van der Waals surface area contributed by atoms with Gasteiger partial charge in [-0.1, -0.05) is 18.3 Å². The highest BCUT2D eigenvalue weighted by Gasteiger charge is 2.00. The molecule has 1 aromatic carbocycles. The van der Waals surface area contributed by atoms with Crippen LogP contribution in [0.4, 0.5) is 4.39 Å². The third-order valence-electron chi connectivity index (χ3n) is 1.36. The molecule has 12 heavy (non-hydrogen) atoms. The summed E-state index contributed by atoms with van der Waals surface area (Å²) in [7, 11) is 0. The van der Waals surface area contributed by atoms with Crippen LogP contribution < -0.4 is 5.73 Å². The third-order valence-corrected chi connectivity index (χ3v) is 2.11. The summed E-state index contributed by atoms with van der Waals surface area (Å²) in [6.07, 6.45) is 0.508. The molecule has 1 nitrogen and oxygen atoms in total. The highest BCUT2D eigenvalue weighted by atomic mass is 79.9. The van der Waals surface area contributed by atoms with Crippen molar-refractivity contribution in [1.82, 2.24) is 0 Å². The normalized spacial score (nSPS) is 9.83. The summed E-state index contributed by atoms with van der Waals surface area (Å²) in [5, 5.41) is 0. The topological polar surface area (TPSA) is 26.0 Å². The first kappa shape index (κ1) is 9.61. The SMILES string of the molecule is NC(=S)Cc1ccc(F)c(Br)c1. The van der Waals surface area contributed by atoms with Gasteiger partial charge < -0.3 is 5.73 Å². The first-order chi connectivity index (χ1) is 5.59. The Bertz CT molecular complexity index is 314. The van der Waals surface area contributed by atoms with Crippen LogP contribution in [0.1, 0.15) is 5.56 Å². The van der Waals surface area contributed by atoms with Gasteiger partial charge in [-0.3, -0.25) is 0 Å². The van der Waals surface area contributed by atoms with Crippen LogP contribution in [0.15, 0.2) is 22.7 Å². The summed E-state index contributed by atoms with van der Waals surface area (Å²) in [6.45, 7) is 0. The summed E-state index contributed by atoms with van der Waals surface area (Å²) < 4.78 is 13.2. The molecule has 0 aromatic heterocycles. The molecular formula is C8H7BrFNS. The van der Waals surface area contributed by atoms with E-state index < -0.39 is 0 Å². The lowest BCUT2D eigenvalue weighted by molar-refractivity contribution is 0.620. The second kappa shape index (κ2) is 3.96. The Morgan fingerprint density at radius 2 is 2.25 bits per heavy atom. The molecule has 0 atom stereocenters. The zero-order chi connectivity index (χ0) is 9.14. The zero-order valence-electron chi connectivity index (χ0n) is 6.18. The Morgan fingerprint density at radius 3 is 2.75 bits per heavy atom. The van der Waals surface area contributed by atoms with E-state index in [9.17, 15) is 4.39 Å². The second-order valence-corrected chi connectivity index (χ2v) is 3.77. The molecule has 0 aliphatic rings. The second-order valence-electron chi connectivity index (χ2n) is 2.39. The zero-order valence-corrected chi connectivity index (χ0v) is 8.58. The lowest BCUT2D eigenvalue weighted by Gasteiger charge is -2.00. The molecule has 2 N–H and O–H groups in total.